The second-order valence-corrected chi connectivity index (χ2v) is 4.72. The van der Waals surface area contributed by atoms with E-state index in [2.05, 4.69) is 18.7 Å². The molecule has 0 heterocycles. The number of hydrogen-bond acceptors (Lipinski definition) is 2. The van der Waals surface area contributed by atoms with E-state index in [9.17, 15) is 4.79 Å². The fraction of sp³-hybridized carbons (Fsp3) is 0.235. The van der Waals surface area contributed by atoms with Crippen molar-refractivity contribution in [2.24, 2.45) is 0 Å². The zero-order chi connectivity index (χ0) is 14.4. The van der Waals surface area contributed by atoms with Gasteiger partial charge in [-0.2, -0.15) is 0 Å². The maximum atomic E-state index is 10.6. The number of fused-ring (bicyclic) bond motifs is 1. The molecule has 3 heteroatoms. The second-order valence-electron chi connectivity index (χ2n) is 4.72. The SMILES string of the molecule is C=C(CCCCOc1ccc2ccccc2c1)C(=O)O. The molecule has 0 radical (unpaired) electrons. The van der Waals surface area contributed by atoms with E-state index in [0.717, 1.165) is 24.0 Å². The molecule has 0 atom stereocenters. The first-order valence-corrected chi connectivity index (χ1v) is 6.69. The monoisotopic (exact) mass is 270 g/mol. The standard InChI is InChI=1S/C17H18O3/c1-13(17(18)19)6-4-5-11-20-16-10-9-14-7-2-3-8-15(14)12-16/h2-3,7-10,12H,1,4-6,11H2,(H,18,19). The Morgan fingerprint density at radius 1 is 1.10 bits per heavy atom. The lowest BCUT2D eigenvalue weighted by atomic mass is 10.1. The molecular formula is C17H18O3. The normalized spacial score (nSPS) is 10.4. The minimum atomic E-state index is -0.916. The predicted octanol–water partition coefficient (Wildman–Crippen LogP) is 4.03. The largest absolute Gasteiger partial charge is 0.494 e. The number of benzene rings is 2. The molecule has 0 fully saturated rings. The molecule has 20 heavy (non-hydrogen) atoms. The number of carbonyl (C=O) groups is 1. The molecule has 0 aliphatic carbocycles. The van der Waals surface area contributed by atoms with Gasteiger partial charge in [0.25, 0.3) is 0 Å². The summed E-state index contributed by atoms with van der Waals surface area (Å²) >= 11 is 0. The van der Waals surface area contributed by atoms with Gasteiger partial charge in [-0.3, -0.25) is 0 Å². The van der Waals surface area contributed by atoms with Crippen LogP contribution in [0, 0.1) is 0 Å². The summed E-state index contributed by atoms with van der Waals surface area (Å²) in [5.74, 6) is -0.0683. The molecule has 0 unspecified atom stereocenters. The van der Waals surface area contributed by atoms with Crippen LogP contribution in [0.3, 0.4) is 0 Å². The molecule has 0 bridgehead atoms. The Morgan fingerprint density at radius 2 is 1.85 bits per heavy atom. The van der Waals surface area contributed by atoms with Crippen molar-refractivity contribution < 1.29 is 14.6 Å². The van der Waals surface area contributed by atoms with Crippen molar-refractivity contribution in [3.8, 4) is 5.75 Å². The van der Waals surface area contributed by atoms with Gasteiger partial charge in [-0.25, -0.2) is 4.79 Å². The van der Waals surface area contributed by atoms with Gasteiger partial charge in [0.2, 0.25) is 0 Å². The van der Waals surface area contributed by atoms with Crippen molar-refractivity contribution in [2.45, 2.75) is 19.3 Å². The number of ether oxygens (including phenoxy) is 1. The Labute approximate surface area is 118 Å². The first kappa shape index (κ1) is 14.1. The highest BCUT2D eigenvalue weighted by Gasteiger charge is 2.03. The van der Waals surface area contributed by atoms with Gasteiger partial charge >= 0.3 is 5.97 Å². The average molecular weight is 270 g/mol. The molecule has 2 aromatic rings. The van der Waals surface area contributed by atoms with Crippen molar-refractivity contribution >= 4 is 16.7 Å². The van der Waals surface area contributed by atoms with Gasteiger partial charge < -0.3 is 9.84 Å². The summed E-state index contributed by atoms with van der Waals surface area (Å²) < 4.78 is 5.68. The number of aliphatic carboxylic acids is 1. The van der Waals surface area contributed by atoms with Crippen molar-refractivity contribution in [2.75, 3.05) is 6.61 Å². The second kappa shape index (κ2) is 6.75. The van der Waals surface area contributed by atoms with Crippen molar-refractivity contribution in [1.29, 1.82) is 0 Å². The van der Waals surface area contributed by atoms with Crippen molar-refractivity contribution in [3.63, 3.8) is 0 Å². The molecule has 2 rings (SSSR count). The van der Waals surface area contributed by atoms with Crippen LogP contribution in [0.25, 0.3) is 10.8 Å². The molecule has 0 aliphatic heterocycles. The quantitative estimate of drug-likeness (QED) is 0.610. The molecule has 0 saturated heterocycles. The minimum absolute atomic E-state index is 0.260. The Morgan fingerprint density at radius 3 is 2.60 bits per heavy atom. The summed E-state index contributed by atoms with van der Waals surface area (Å²) in [4.78, 5) is 10.6. The molecular weight excluding hydrogens is 252 g/mol. The Hall–Kier alpha value is -2.29. The summed E-state index contributed by atoms with van der Waals surface area (Å²) in [7, 11) is 0. The molecule has 3 nitrogen and oxygen atoms in total. The molecule has 0 saturated carbocycles. The molecule has 0 spiro atoms. The van der Waals surface area contributed by atoms with Crippen LogP contribution in [0.15, 0.2) is 54.6 Å². The van der Waals surface area contributed by atoms with E-state index in [0.29, 0.717) is 13.0 Å². The van der Waals surface area contributed by atoms with Crippen LogP contribution in [-0.2, 0) is 4.79 Å². The maximum Gasteiger partial charge on any atom is 0.330 e. The third kappa shape index (κ3) is 3.85. The molecule has 1 N–H and O–H groups in total. The van der Waals surface area contributed by atoms with E-state index in [1.807, 2.05) is 30.3 Å². The van der Waals surface area contributed by atoms with E-state index in [1.165, 1.54) is 5.39 Å². The highest BCUT2D eigenvalue weighted by atomic mass is 16.5. The highest BCUT2D eigenvalue weighted by molar-refractivity contribution is 5.85. The van der Waals surface area contributed by atoms with Crippen LogP contribution in [0.2, 0.25) is 0 Å². The number of unbranched alkanes of at least 4 members (excludes halogenated alkanes) is 1. The van der Waals surface area contributed by atoms with Crippen LogP contribution in [0.5, 0.6) is 5.75 Å². The first-order chi connectivity index (χ1) is 9.66. The third-order valence-corrected chi connectivity index (χ3v) is 3.17. The van der Waals surface area contributed by atoms with E-state index >= 15 is 0 Å². The van der Waals surface area contributed by atoms with Crippen LogP contribution >= 0.6 is 0 Å². The highest BCUT2D eigenvalue weighted by Crippen LogP contribution is 2.20. The first-order valence-electron chi connectivity index (χ1n) is 6.69. The molecule has 0 aliphatic rings. The van der Waals surface area contributed by atoms with Crippen LogP contribution < -0.4 is 4.74 Å². The Bertz CT molecular complexity index is 616. The number of carboxylic acid groups (broad SMARTS) is 1. The predicted molar refractivity (Wildman–Crippen MR) is 80.1 cm³/mol. The Kier molecular flexibility index (Phi) is 4.77. The van der Waals surface area contributed by atoms with E-state index in [4.69, 9.17) is 9.84 Å². The maximum absolute atomic E-state index is 10.6. The summed E-state index contributed by atoms with van der Waals surface area (Å²) in [6.07, 6.45) is 2.11. The van der Waals surface area contributed by atoms with E-state index < -0.39 is 5.97 Å². The average Bonchev–Trinajstić information content (AvgIpc) is 2.46. The summed E-state index contributed by atoms with van der Waals surface area (Å²) in [6.45, 7) is 4.09. The number of rotatable bonds is 7. The topological polar surface area (TPSA) is 46.5 Å². The fourth-order valence-electron chi connectivity index (χ4n) is 1.99. The van der Waals surface area contributed by atoms with Crippen LogP contribution in [-0.4, -0.2) is 17.7 Å². The molecule has 2 aromatic carbocycles. The lowest BCUT2D eigenvalue weighted by molar-refractivity contribution is -0.132. The van der Waals surface area contributed by atoms with Gasteiger partial charge in [0.1, 0.15) is 5.75 Å². The van der Waals surface area contributed by atoms with Gasteiger partial charge in [-0.1, -0.05) is 36.9 Å². The van der Waals surface area contributed by atoms with Crippen LogP contribution in [0.1, 0.15) is 19.3 Å². The van der Waals surface area contributed by atoms with Gasteiger partial charge in [0.15, 0.2) is 0 Å². The number of hydrogen-bond donors (Lipinski definition) is 1. The number of carboxylic acids is 1. The fourth-order valence-corrected chi connectivity index (χ4v) is 1.99. The van der Waals surface area contributed by atoms with Crippen molar-refractivity contribution in [1.82, 2.24) is 0 Å². The van der Waals surface area contributed by atoms with E-state index in [-0.39, 0.29) is 5.57 Å². The molecule has 0 aromatic heterocycles. The smallest absolute Gasteiger partial charge is 0.330 e. The zero-order valence-electron chi connectivity index (χ0n) is 11.3. The summed E-state index contributed by atoms with van der Waals surface area (Å²) in [5.41, 5.74) is 0.260. The van der Waals surface area contributed by atoms with Gasteiger partial charge in [0.05, 0.1) is 6.61 Å². The zero-order valence-corrected chi connectivity index (χ0v) is 11.3. The van der Waals surface area contributed by atoms with Gasteiger partial charge in [0, 0.05) is 5.57 Å². The Balaban J connectivity index is 1.78. The lowest BCUT2D eigenvalue weighted by Crippen LogP contribution is -2.01. The lowest BCUT2D eigenvalue weighted by Gasteiger charge is -2.07. The van der Waals surface area contributed by atoms with E-state index in [1.54, 1.807) is 0 Å². The third-order valence-electron chi connectivity index (χ3n) is 3.17. The van der Waals surface area contributed by atoms with Gasteiger partial charge in [-0.15, -0.1) is 0 Å². The summed E-state index contributed by atoms with van der Waals surface area (Å²) in [5, 5.41) is 11.0. The minimum Gasteiger partial charge on any atom is -0.494 e. The van der Waals surface area contributed by atoms with Gasteiger partial charge in [-0.05, 0) is 42.2 Å². The van der Waals surface area contributed by atoms with Crippen LogP contribution in [0.4, 0.5) is 0 Å². The molecule has 104 valence electrons. The molecule has 0 amide bonds. The van der Waals surface area contributed by atoms with Crippen molar-refractivity contribution in [3.05, 3.63) is 54.6 Å². The summed E-state index contributed by atoms with van der Waals surface area (Å²) in [6, 6.07) is 14.2.